The zero-order chi connectivity index (χ0) is 17.2. The normalized spacial score (nSPS) is 10.9. The Hall–Kier alpha value is -3.54. The quantitative estimate of drug-likeness (QED) is 0.583. The number of oxazole rings is 1. The summed E-state index contributed by atoms with van der Waals surface area (Å²) in [6.07, 6.45) is 0. The lowest BCUT2D eigenvalue weighted by molar-refractivity contribution is 0.0658. The maximum atomic E-state index is 10.8. The first kappa shape index (κ1) is 15.0. The highest BCUT2D eigenvalue weighted by molar-refractivity contribution is 5.84. The third kappa shape index (κ3) is 3.10. The number of furan rings is 1. The first-order chi connectivity index (χ1) is 12.2. The molecule has 4 aromatic rings. The number of hydrogen-bond acceptors (Lipinski definition) is 5. The topological polar surface area (TPSA) is 85.7 Å². The van der Waals surface area contributed by atoms with Crippen LogP contribution in [-0.4, -0.2) is 16.1 Å². The van der Waals surface area contributed by atoms with Crippen molar-refractivity contribution in [1.82, 2.24) is 4.98 Å². The Bertz CT molecular complexity index is 996. The first-order valence-electron chi connectivity index (χ1n) is 7.60. The van der Waals surface area contributed by atoms with Crippen LogP contribution in [-0.2, 0) is 6.61 Å². The maximum absolute atomic E-state index is 10.8. The van der Waals surface area contributed by atoms with Gasteiger partial charge in [0.05, 0.1) is 0 Å². The number of rotatable bonds is 5. The van der Waals surface area contributed by atoms with Crippen LogP contribution in [0.25, 0.3) is 22.6 Å². The van der Waals surface area contributed by atoms with Gasteiger partial charge in [0, 0.05) is 5.56 Å². The molecule has 0 radical (unpaired) electrons. The van der Waals surface area contributed by atoms with E-state index in [4.69, 9.17) is 18.7 Å². The van der Waals surface area contributed by atoms with Gasteiger partial charge >= 0.3 is 5.97 Å². The van der Waals surface area contributed by atoms with E-state index < -0.39 is 5.97 Å². The van der Waals surface area contributed by atoms with Crippen molar-refractivity contribution in [2.24, 2.45) is 0 Å². The molecule has 2 aromatic heterocycles. The summed E-state index contributed by atoms with van der Waals surface area (Å²) in [5.41, 5.74) is 2.39. The maximum Gasteiger partial charge on any atom is 0.371 e. The van der Waals surface area contributed by atoms with Crippen LogP contribution >= 0.6 is 0 Å². The monoisotopic (exact) mass is 335 g/mol. The molecule has 0 saturated carbocycles. The highest BCUT2D eigenvalue weighted by Crippen LogP contribution is 2.26. The smallest absolute Gasteiger partial charge is 0.371 e. The second kappa shape index (κ2) is 6.16. The molecule has 1 N–H and O–H groups in total. The zero-order valence-corrected chi connectivity index (χ0v) is 13.0. The fourth-order valence-electron chi connectivity index (χ4n) is 2.41. The fraction of sp³-hybridized carbons (Fsp3) is 0.0526. The molecule has 0 fully saturated rings. The molecular weight excluding hydrogens is 322 g/mol. The number of carbonyl (C=O) groups is 1. The van der Waals surface area contributed by atoms with Gasteiger partial charge in [-0.1, -0.05) is 12.1 Å². The molecule has 6 nitrogen and oxygen atoms in total. The van der Waals surface area contributed by atoms with E-state index in [0.29, 0.717) is 17.4 Å². The minimum Gasteiger partial charge on any atom is -0.486 e. The van der Waals surface area contributed by atoms with E-state index >= 15 is 0 Å². The average molecular weight is 335 g/mol. The average Bonchev–Trinajstić information content (AvgIpc) is 3.27. The Balaban J connectivity index is 1.46. The molecule has 0 saturated heterocycles. The fourth-order valence-corrected chi connectivity index (χ4v) is 2.41. The van der Waals surface area contributed by atoms with Gasteiger partial charge in [-0.05, 0) is 48.5 Å². The number of hydrogen-bond donors (Lipinski definition) is 1. The van der Waals surface area contributed by atoms with Crippen LogP contribution in [0.3, 0.4) is 0 Å². The van der Waals surface area contributed by atoms with Crippen molar-refractivity contribution in [2.75, 3.05) is 0 Å². The molecule has 124 valence electrons. The Morgan fingerprint density at radius 2 is 1.80 bits per heavy atom. The predicted molar refractivity (Wildman–Crippen MR) is 89.4 cm³/mol. The first-order valence-corrected chi connectivity index (χ1v) is 7.60. The van der Waals surface area contributed by atoms with Gasteiger partial charge in [0.15, 0.2) is 5.58 Å². The molecule has 0 atom stereocenters. The van der Waals surface area contributed by atoms with Gasteiger partial charge in [-0.15, -0.1) is 0 Å². The van der Waals surface area contributed by atoms with Gasteiger partial charge < -0.3 is 18.7 Å². The molecule has 0 unspecified atom stereocenters. The second-order valence-corrected chi connectivity index (χ2v) is 5.37. The number of aromatic carboxylic acids is 1. The van der Waals surface area contributed by atoms with Crippen LogP contribution in [0.1, 0.15) is 16.3 Å². The molecule has 2 aromatic carbocycles. The summed E-state index contributed by atoms with van der Waals surface area (Å²) in [7, 11) is 0. The third-order valence-electron chi connectivity index (χ3n) is 3.65. The number of carboxylic acids is 1. The van der Waals surface area contributed by atoms with Crippen molar-refractivity contribution >= 4 is 17.1 Å². The summed E-state index contributed by atoms with van der Waals surface area (Å²) in [5, 5.41) is 8.83. The Morgan fingerprint density at radius 3 is 2.52 bits per heavy atom. The van der Waals surface area contributed by atoms with E-state index in [1.807, 2.05) is 36.4 Å². The Morgan fingerprint density at radius 1 is 1.00 bits per heavy atom. The second-order valence-electron chi connectivity index (χ2n) is 5.37. The van der Waals surface area contributed by atoms with E-state index in [1.54, 1.807) is 18.2 Å². The van der Waals surface area contributed by atoms with Crippen LogP contribution in [0, 0.1) is 0 Å². The summed E-state index contributed by atoms with van der Waals surface area (Å²) < 4.78 is 16.5. The largest absolute Gasteiger partial charge is 0.486 e. The Labute approximate surface area is 142 Å². The van der Waals surface area contributed by atoms with E-state index in [-0.39, 0.29) is 12.4 Å². The van der Waals surface area contributed by atoms with Crippen molar-refractivity contribution in [2.45, 2.75) is 6.61 Å². The van der Waals surface area contributed by atoms with Gasteiger partial charge in [-0.25, -0.2) is 9.78 Å². The number of para-hydroxylation sites is 2. The zero-order valence-electron chi connectivity index (χ0n) is 13.0. The lowest BCUT2D eigenvalue weighted by atomic mass is 10.2. The van der Waals surface area contributed by atoms with Crippen molar-refractivity contribution in [3.05, 3.63) is 72.2 Å². The highest BCUT2D eigenvalue weighted by atomic mass is 16.5. The van der Waals surface area contributed by atoms with Gasteiger partial charge in [0.2, 0.25) is 11.7 Å². The van der Waals surface area contributed by atoms with Crippen molar-refractivity contribution in [3.63, 3.8) is 0 Å². The van der Waals surface area contributed by atoms with Crippen molar-refractivity contribution < 1.29 is 23.5 Å². The summed E-state index contributed by atoms with van der Waals surface area (Å²) >= 11 is 0. The van der Waals surface area contributed by atoms with Crippen LogP contribution in [0.5, 0.6) is 5.75 Å². The van der Waals surface area contributed by atoms with Gasteiger partial charge in [-0.3, -0.25) is 0 Å². The molecule has 4 rings (SSSR count). The van der Waals surface area contributed by atoms with Crippen LogP contribution < -0.4 is 4.74 Å². The van der Waals surface area contributed by atoms with E-state index in [1.165, 1.54) is 6.07 Å². The molecule has 0 bridgehead atoms. The molecule has 2 heterocycles. The molecule has 0 spiro atoms. The molecule has 0 amide bonds. The lowest BCUT2D eigenvalue weighted by Gasteiger charge is -2.04. The number of benzene rings is 2. The summed E-state index contributed by atoms with van der Waals surface area (Å²) in [6, 6.07) is 17.9. The number of carboxylic acid groups (broad SMARTS) is 1. The van der Waals surface area contributed by atoms with Crippen molar-refractivity contribution in [3.8, 4) is 17.2 Å². The molecule has 0 aliphatic carbocycles. The minimum atomic E-state index is -1.10. The van der Waals surface area contributed by atoms with E-state index in [0.717, 1.165) is 16.7 Å². The van der Waals surface area contributed by atoms with Gasteiger partial charge in [0.25, 0.3) is 0 Å². The van der Waals surface area contributed by atoms with Crippen LogP contribution in [0.2, 0.25) is 0 Å². The summed E-state index contributed by atoms with van der Waals surface area (Å²) in [6.45, 7) is 0.148. The lowest BCUT2D eigenvalue weighted by Crippen LogP contribution is -1.95. The Kier molecular flexibility index (Phi) is 3.70. The predicted octanol–water partition coefficient (Wildman–Crippen LogP) is 4.37. The van der Waals surface area contributed by atoms with E-state index in [9.17, 15) is 4.79 Å². The van der Waals surface area contributed by atoms with Crippen LogP contribution in [0.4, 0.5) is 0 Å². The number of nitrogens with zero attached hydrogens (tertiary/aromatic N) is 1. The van der Waals surface area contributed by atoms with Crippen molar-refractivity contribution in [1.29, 1.82) is 0 Å². The SMILES string of the molecule is O=C(O)c1ccc(COc2ccc(-c3nc4ccccc4o3)cc2)o1. The molecule has 25 heavy (non-hydrogen) atoms. The number of ether oxygens (including phenoxy) is 1. The van der Waals surface area contributed by atoms with Gasteiger partial charge in [0.1, 0.15) is 23.6 Å². The minimum absolute atomic E-state index is 0.107. The number of aromatic nitrogens is 1. The molecular formula is C19H13NO5. The van der Waals surface area contributed by atoms with E-state index in [2.05, 4.69) is 4.98 Å². The molecule has 0 aliphatic heterocycles. The third-order valence-corrected chi connectivity index (χ3v) is 3.65. The molecule has 6 heteroatoms. The highest BCUT2D eigenvalue weighted by Gasteiger charge is 2.10. The van der Waals surface area contributed by atoms with Crippen LogP contribution in [0.15, 0.2) is 69.5 Å². The summed E-state index contributed by atoms with van der Waals surface area (Å²) in [5.74, 6) is 0.414. The summed E-state index contributed by atoms with van der Waals surface area (Å²) in [4.78, 5) is 15.2. The molecule has 0 aliphatic rings. The number of fused-ring (bicyclic) bond motifs is 1. The standard InChI is InChI=1S/C19H13NO5/c21-19(22)17-10-9-14(24-17)11-23-13-7-5-12(6-8-13)18-20-15-3-1-2-4-16(15)25-18/h1-10H,11H2,(H,21,22). The van der Waals surface area contributed by atoms with Gasteiger partial charge in [-0.2, -0.15) is 0 Å².